The normalized spacial score (nSPS) is 14.0. The minimum Gasteiger partial charge on any atom is -0.326 e. The lowest BCUT2D eigenvalue weighted by molar-refractivity contribution is 0.332. The Kier molecular flexibility index (Phi) is 7.23. The molecule has 3 heterocycles. The molecule has 0 atom stereocenters. The average Bonchev–Trinajstić information content (AvgIpc) is 3.09. The van der Waals surface area contributed by atoms with Crippen molar-refractivity contribution in [3.05, 3.63) is 35.0 Å². The van der Waals surface area contributed by atoms with Gasteiger partial charge < -0.3 is 9.47 Å². The van der Waals surface area contributed by atoms with Crippen LogP contribution in [-0.4, -0.2) is 37.8 Å². The number of halogens is 1. The van der Waals surface area contributed by atoms with Gasteiger partial charge in [0.2, 0.25) is 0 Å². The highest BCUT2D eigenvalue weighted by Crippen LogP contribution is 2.32. The monoisotopic (exact) mass is 375 g/mol. The Labute approximate surface area is 161 Å². The standard InChI is InChI=1S/C16H18ClN5.2C2H6/c1-20-8-5-9-22-13(10-20)14(17)15(19-22)16-18-11-6-3-4-7-12(11)21(16)2;2*1-2/h3-4,6-7H,5,8-10H2,1-2H3;2*1-2H3. The van der Waals surface area contributed by atoms with E-state index in [2.05, 4.69) is 22.6 Å². The zero-order chi connectivity index (χ0) is 19.3. The highest BCUT2D eigenvalue weighted by atomic mass is 35.5. The van der Waals surface area contributed by atoms with Crippen molar-refractivity contribution < 1.29 is 0 Å². The summed E-state index contributed by atoms with van der Waals surface area (Å²) in [5.41, 5.74) is 3.93. The van der Waals surface area contributed by atoms with Crippen molar-refractivity contribution in [2.75, 3.05) is 13.6 Å². The molecule has 0 N–H and O–H groups in total. The first kappa shape index (κ1) is 20.5. The van der Waals surface area contributed by atoms with Gasteiger partial charge in [0, 0.05) is 26.7 Å². The largest absolute Gasteiger partial charge is 0.326 e. The van der Waals surface area contributed by atoms with E-state index >= 15 is 0 Å². The number of imidazole rings is 1. The van der Waals surface area contributed by atoms with Crippen LogP contribution in [0, 0.1) is 0 Å². The maximum atomic E-state index is 6.65. The van der Waals surface area contributed by atoms with E-state index in [0.29, 0.717) is 0 Å². The van der Waals surface area contributed by atoms with Gasteiger partial charge in [-0.25, -0.2) is 4.98 Å². The van der Waals surface area contributed by atoms with Crippen LogP contribution >= 0.6 is 11.6 Å². The molecule has 0 radical (unpaired) electrons. The van der Waals surface area contributed by atoms with E-state index in [1.54, 1.807) is 0 Å². The second kappa shape index (κ2) is 9.19. The van der Waals surface area contributed by atoms with E-state index in [1.807, 2.05) is 57.6 Å². The van der Waals surface area contributed by atoms with E-state index in [9.17, 15) is 0 Å². The third-order valence-electron chi connectivity index (χ3n) is 4.32. The van der Waals surface area contributed by atoms with Gasteiger partial charge in [-0.3, -0.25) is 4.68 Å². The lowest BCUT2D eigenvalue weighted by atomic mass is 10.3. The van der Waals surface area contributed by atoms with E-state index in [0.717, 1.165) is 59.3 Å². The van der Waals surface area contributed by atoms with E-state index < -0.39 is 0 Å². The zero-order valence-electron chi connectivity index (χ0n) is 16.8. The number of hydrogen-bond donors (Lipinski definition) is 0. The molecule has 0 fully saturated rings. The van der Waals surface area contributed by atoms with Crippen LogP contribution in [0.4, 0.5) is 0 Å². The molecule has 1 aliphatic rings. The van der Waals surface area contributed by atoms with Crippen LogP contribution in [0.25, 0.3) is 22.6 Å². The summed E-state index contributed by atoms with van der Waals surface area (Å²) in [4.78, 5) is 7.00. The Balaban J connectivity index is 0.000000570. The second-order valence-electron chi connectivity index (χ2n) is 5.91. The minimum absolute atomic E-state index is 0.729. The van der Waals surface area contributed by atoms with Gasteiger partial charge in [-0.05, 0) is 25.6 Å². The van der Waals surface area contributed by atoms with E-state index in [4.69, 9.17) is 21.7 Å². The molecule has 26 heavy (non-hydrogen) atoms. The molecule has 2 aromatic heterocycles. The average molecular weight is 376 g/mol. The number of aromatic nitrogens is 4. The Morgan fingerprint density at radius 1 is 1.00 bits per heavy atom. The first-order valence-corrected chi connectivity index (χ1v) is 9.88. The van der Waals surface area contributed by atoms with Crippen molar-refractivity contribution in [1.29, 1.82) is 0 Å². The van der Waals surface area contributed by atoms with E-state index in [-0.39, 0.29) is 0 Å². The summed E-state index contributed by atoms with van der Waals surface area (Å²) in [6, 6.07) is 8.10. The van der Waals surface area contributed by atoms with Gasteiger partial charge in [0.1, 0.15) is 5.69 Å². The third-order valence-corrected chi connectivity index (χ3v) is 4.72. The molecule has 4 rings (SSSR count). The molecule has 5 nitrogen and oxygen atoms in total. The van der Waals surface area contributed by atoms with Crippen molar-refractivity contribution in [3.8, 4) is 11.5 Å². The Bertz CT molecular complexity index is 849. The summed E-state index contributed by atoms with van der Waals surface area (Å²) in [7, 11) is 4.13. The molecule has 142 valence electrons. The molecule has 1 aromatic carbocycles. The zero-order valence-corrected chi connectivity index (χ0v) is 17.5. The number of para-hydroxylation sites is 2. The SMILES string of the molecule is CC.CC.CN1CCCn2nc(-c3nc4ccccc4n3C)c(Cl)c2C1. The Morgan fingerprint density at radius 3 is 2.38 bits per heavy atom. The number of aryl methyl sites for hydroxylation is 2. The van der Waals surface area contributed by atoms with Crippen molar-refractivity contribution in [3.63, 3.8) is 0 Å². The van der Waals surface area contributed by atoms with Gasteiger partial charge >= 0.3 is 0 Å². The summed E-state index contributed by atoms with van der Waals surface area (Å²) >= 11 is 6.65. The van der Waals surface area contributed by atoms with Crippen LogP contribution < -0.4 is 0 Å². The van der Waals surface area contributed by atoms with Crippen molar-refractivity contribution in [1.82, 2.24) is 24.2 Å². The van der Waals surface area contributed by atoms with Crippen LogP contribution in [0.2, 0.25) is 5.02 Å². The quantitative estimate of drug-likeness (QED) is 0.602. The highest BCUT2D eigenvalue weighted by Gasteiger charge is 2.23. The van der Waals surface area contributed by atoms with Gasteiger partial charge in [-0.15, -0.1) is 0 Å². The lowest BCUT2D eigenvalue weighted by Gasteiger charge is -2.11. The summed E-state index contributed by atoms with van der Waals surface area (Å²) in [5.74, 6) is 0.828. The molecule has 0 spiro atoms. The van der Waals surface area contributed by atoms with Gasteiger partial charge in [0.25, 0.3) is 0 Å². The first-order valence-electron chi connectivity index (χ1n) is 9.50. The van der Waals surface area contributed by atoms with Crippen LogP contribution in [0.15, 0.2) is 24.3 Å². The maximum absolute atomic E-state index is 6.65. The second-order valence-corrected chi connectivity index (χ2v) is 6.28. The van der Waals surface area contributed by atoms with E-state index in [1.165, 1.54) is 0 Å². The van der Waals surface area contributed by atoms with Crippen molar-refractivity contribution >= 4 is 22.6 Å². The van der Waals surface area contributed by atoms with Gasteiger partial charge in [0.05, 0.1) is 21.7 Å². The molecule has 0 amide bonds. The maximum Gasteiger partial charge on any atom is 0.163 e. The molecule has 0 aliphatic carbocycles. The summed E-state index contributed by atoms with van der Waals surface area (Å²) in [6.45, 7) is 10.8. The predicted molar refractivity (Wildman–Crippen MR) is 111 cm³/mol. The molecule has 6 heteroatoms. The Hall–Kier alpha value is -1.85. The predicted octanol–water partition coefficient (Wildman–Crippen LogP) is 4.98. The minimum atomic E-state index is 0.729. The molecule has 0 saturated heterocycles. The lowest BCUT2D eigenvalue weighted by Crippen LogP contribution is -2.17. The van der Waals surface area contributed by atoms with Crippen molar-refractivity contribution in [2.45, 2.75) is 47.2 Å². The van der Waals surface area contributed by atoms with Gasteiger partial charge in [0.15, 0.2) is 5.82 Å². The Morgan fingerprint density at radius 2 is 1.69 bits per heavy atom. The smallest absolute Gasteiger partial charge is 0.163 e. The van der Waals surface area contributed by atoms with Crippen molar-refractivity contribution in [2.24, 2.45) is 7.05 Å². The number of benzene rings is 1. The summed E-state index contributed by atoms with van der Waals surface area (Å²) in [5, 5.41) is 5.47. The van der Waals surface area contributed by atoms with Crippen LogP contribution in [0.1, 0.15) is 39.8 Å². The number of rotatable bonds is 1. The summed E-state index contributed by atoms with van der Waals surface area (Å²) < 4.78 is 4.10. The van der Waals surface area contributed by atoms with Gasteiger partial charge in [-0.2, -0.15) is 5.10 Å². The van der Waals surface area contributed by atoms with Crippen LogP contribution in [0.3, 0.4) is 0 Å². The highest BCUT2D eigenvalue weighted by molar-refractivity contribution is 6.33. The molecule has 0 unspecified atom stereocenters. The summed E-state index contributed by atoms with van der Waals surface area (Å²) in [6.07, 6.45) is 1.09. The number of nitrogens with zero attached hydrogens (tertiary/aromatic N) is 5. The molecular weight excluding hydrogens is 346 g/mol. The molecule has 3 aromatic rings. The van der Waals surface area contributed by atoms with Crippen LogP contribution in [0.5, 0.6) is 0 Å². The molecule has 0 saturated carbocycles. The molecule has 0 bridgehead atoms. The third kappa shape index (κ3) is 3.79. The molecule has 1 aliphatic heterocycles. The van der Waals surface area contributed by atoms with Crippen LogP contribution in [-0.2, 0) is 20.1 Å². The fourth-order valence-corrected chi connectivity index (χ4v) is 3.42. The topological polar surface area (TPSA) is 38.9 Å². The van der Waals surface area contributed by atoms with Gasteiger partial charge in [-0.1, -0.05) is 51.4 Å². The fraction of sp³-hybridized carbons (Fsp3) is 0.500. The number of hydrogen-bond acceptors (Lipinski definition) is 3. The fourth-order valence-electron chi connectivity index (χ4n) is 3.14. The number of fused-ring (bicyclic) bond motifs is 2. The first-order chi connectivity index (χ1) is 12.6. The molecular formula is C20H30ClN5.